The lowest BCUT2D eigenvalue weighted by atomic mass is 10.1. The fraction of sp³-hybridized carbons (Fsp3) is 0.133. The number of hydrogen-bond acceptors (Lipinski definition) is 2. The van der Waals surface area contributed by atoms with Crippen LogP contribution in [0, 0.1) is 18.6 Å². The van der Waals surface area contributed by atoms with Gasteiger partial charge in [-0.25, -0.2) is 8.78 Å². The van der Waals surface area contributed by atoms with E-state index in [4.69, 9.17) is 16.3 Å². The highest BCUT2D eigenvalue weighted by Crippen LogP contribution is 2.32. The molecule has 0 aliphatic heterocycles. The van der Waals surface area contributed by atoms with E-state index in [-0.39, 0.29) is 12.2 Å². The topological polar surface area (TPSA) is 26.3 Å². The monoisotopic (exact) mass is 374 g/mol. The van der Waals surface area contributed by atoms with E-state index in [0.29, 0.717) is 10.8 Å². The lowest BCUT2D eigenvalue weighted by molar-refractivity contribution is 0.0920. The average Bonchev–Trinajstić information content (AvgIpc) is 2.40. The molecule has 0 atom stereocenters. The van der Waals surface area contributed by atoms with Gasteiger partial charge in [0.15, 0.2) is 24.0 Å². The molecule has 0 spiro atoms. The van der Waals surface area contributed by atoms with Crippen molar-refractivity contribution in [2.24, 2.45) is 0 Å². The molecule has 0 aliphatic carbocycles. The van der Waals surface area contributed by atoms with Crippen LogP contribution >= 0.6 is 27.5 Å². The Morgan fingerprint density at radius 2 is 1.95 bits per heavy atom. The van der Waals surface area contributed by atoms with Gasteiger partial charge in [0.1, 0.15) is 5.75 Å². The van der Waals surface area contributed by atoms with E-state index in [9.17, 15) is 13.6 Å². The first kappa shape index (κ1) is 15.9. The lowest BCUT2D eigenvalue weighted by Gasteiger charge is -2.11. The van der Waals surface area contributed by atoms with Crippen LogP contribution in [0.15, 0.2) is 34.8 Å². The van der Waals surface area contributed by atoms with E-state index in [1.54, 1.807) is 19.1 Å². The molecule has 0 saturated carbocycles. The van der Waals surface area contributed by atoms with Crippen molar-refractivity contribution < 1.29 is 18.3 Å². The number of halogens is 4. The highest BCUT2D eigenvalue weighted by molar-refractivity contribution is 9.10. The van der Waals surface area contributed by atoms with E-state index in [2.05, 4.69) is 15.9 Å². The summed E-state index contributed by atoms with van der Waals surface area (Å²) in [5, 5.41) is 0.361. The molecule has 0 heterocycles. The van der Waals surface area contributed by atoms with E-state index in [0.717, 1.165) is 22.2 Å². The van der Waals surface area contributed by atoms with Crippen molar-refractivity contribution in [2.45, 2.75) is 6.92 Å². The van der Waals surface area contributed by atoms with E-state index < -0.39 is 17.4 Å². The summed E-state index contributed by atoms with van der Waals surface area (Å²) in [4.78, 5) is 11.9. The Morgan fingerprint density at radius 3 is 2.57 bits per heavy atom. The minimum atomic E-state index is -1.07. The van der Waals surface area contributed by atoms with Crippen molar-refractivity contribution in [1.82, 2.24) is 0 Å². The van der Waals surface area contributed by atoms with Gasteiger partial charge in [-0.3, -0.25) is 4.79 Å². The Morgan fingerprint density at radius 1 is 1.24 bits per heavy atom. The van der Waals surface area contributed by atoms with Crippen LogP contribution in [0.2, 0.25) is 5.02 Å². The van der Waals surface area contributed by atoms with Gasteiger partial charge < -0.3 is 4.74 Å². The Bertz CT molecular complexity index is 681. The van der Waals surface area contributed by atoms with Gasteiger partial charge in [-0.1, -0.05) is 27.5 Å². The number of aryl methyl sites for hydroxylation is 1. The largest absolute Gasteiger partial charge is 0.484 e. The molecule has 0 N–H and O–H groups in total. The van der Waals surface area contributed by atoms with E-state index >= 15 is 0 Å². The van der Waals surface area contributed by atoms with Gasteiger partial charge in [0.25, 0.3) is 0 Å². The lowest BCUT2D eigenvalue weighted by Crippen LogP contribution is -2.13. The zero-order valence-corrected chi connectivity index (χ0v) is 13.3. The fourth-order valence-corrected chi connectivity index (χ4v) is 2.79. The Kier molecular flexibility index (Phi) is 4.96. The second-order valence-corrected chi connectivity index (χ2v) is 5.70. The third-order valence-corrected chi connectivity index (χ3v) is 3.52. The van der Waals surface area contributed by atoms with Gasteiger partial charge >= 0.3 is 0 Å². The number of hydrogen-bond donors (Lipinski definition) is 0. The molecule has 0 unspecified atom stereocenters. The Labute approximate surface area is 133 Å². The second-order valence-electron chi connectivity index (χ2n) is 4.37. The third-order valence-electron chi connectivity index (χ3n) is 2.78. The first-order valence-electron chi connectivity index (χ1n) is 5.95. The molecule has 0 aliphatic rings. The molecular weight excluding hydrogens is 366 g/mol. The van der Waals surface area contributed by atoms with Crippen LogP contribution in [-0.4, -0.2) is 12.4 Å². The SMILES string of the molecule is Cc1cc(Br)cc(Cl)c1OCC(=O)c1ccc(F)c(F)c1. The number of Topliss-reactive ketones (excluding diaryl/α,β-unsaturated/α-hetero) is 1. The highest BCUT2D eigenvalue weighted by atomic mass is 79.9. The summed E-state index contributed by atoms with van der Waals surface area (Å²) in [7, 11) is 0. The van der Waals surface area contributed by atoms with Gasteiger partial charge in [-0.2, -0.15) is 0 Å². The number of ether oxygens (including phenoxy) is 1. The number of ketones is 1. The summed E-state index contributed by atoms with van der Waals surface area (Å²) in [5.74, 6) is -2.15. The fourth-order valence-electron chi connectivity index (χ4n) is 1.76. The van der Waals surface area contributed by atoms with Gasteiger partial charge in [0.05, 0.1) is 5.02 Å². The molecule has 6 heteroatoms. The first-order chi connectivity index (χ1) is 9.88. The summed E-state index contributed by atoms with van der Waals surface area (Å²) in [6, 6.07) is 6.40. The Balaban J connectivity index is 2.13. The van der Waals surface area contributed by atoms with Crippen LogP contribution in [-0.2, 0) is 0 Å². The zero-order chi connectivity index (χ0) is 15.6. The quantitative estimate of drug-likeness (QED) is 0.707. The summed E-state index contributed by atoms with van der Waals surface area (Å²) in [6.07, 6.45) is 0. The van der Waals surface area contributed by atoms with E-state index in [1.165, 1.54) is 6.07 Å². The average molecular weight is 376 g/mol. The van der Waals surface area contributed by atoms with Crippen LogP contribution in [0.5, 0.6) is 5.75 Å². The van der Waals surface area contributed by atoms with Crippen molar-refractivity contribution in [1.29, 1.82) is 0 Å². The van der Waals surface area contributed by atoms with Crippen LogP contribution in [0.25, 0.3) is 0 Å². The minimum absolute atomic E-state index is 0.0415. The maximum absolute atomic E-state index is 13.1. The number of carbonyl (C=O) groups is 1. The van der Waals surface area contributed by atoms with Gasteiger partial charge in [0.2, 0.25) is 0 Å². The summed E-state index contributed by atoms with van der Waals surface area (Å²) in [5.41, 5.74) is 0.798. The van der Waals surface area contributed by atoms with Crippen molar-refractivity contribution in [2.75, 3.05) is 6.61 Å². The minimum Gasteiger partial charge on any atom is -0.484 e. The highest BCUT2D eigenvalue weighted by Gasteiger charge is 2.13. The van der Waals surface area contributed by atoms with Crippen molar-refractivity contribution in [3.8, 4) is 5.75 Å². The van der Waals surface area contributed by atoms with Crippen molar-refractivity contribution >= 4 is 33.3 Å². The standard InChI is InChI=1S/C15H10BrClF2O2/c1-8-4-10(16)6-11(17)15(8)21-7-14(20)9-2-3-12(18)13(19)5-9/h2-6H,7H2,1H3. The molecule has 0 saturated heterocycles. The number of carbonyl (C=O) groups excluding carboxylic acids is 1. The van der Waals surface area contributed by atoms with Gasteiger partial charge in [0, 0.05) is 10.0 Å². The molecule has 2 aromatic carbocycles. The van der Waals surface area contributed by atoms with Crippen LogP contribution in [0.1, 0.15) is 15.9 Å². The maximum atomic E-state index is 13.1. The summed E-state index contributed by atoms with van der Waals surface area (Å²) in [6.45, 7) is 1.47. The second kappa shape index (κ2) is 6.54. The summed E-state index contributed by atoms with van der Waals surface area (Å²) >= 11 is 9.33. The van der Waals surface area contributed by atoms with Crippen LogP contribution < -0.4 is 4.74 Å². The molecule has 21 heavy (non-hydrogen) atoms. The van der Waals surface area contributed by atoms with Gasteiger partial charge in [-0.15, -0.1) is 0 Å². The molecule has 2 nitrogen and oxygen atoms in total. The molecule has 0 radical (unpaired) electrons. The smallest absolute Gasteiger partial charge is 0.200 e. The molecule has 0 amide bonds. The van der Waals surface area contributed by atoms with Crippen molar-refractivity contribution in [3.05, 3.63) is 62.6 Å². The van der Waals surface area contributed by atoms with Gasteiger partial charge in [-0.05, 0) is 42.8 Å². The van der Waals surface area contributed by atoms with Crippen LogP contribution in [0.4, 0.5) is 8.78 Å². The molecule has 2 rings (SSSR count). The maximum Gasteiger partial charge on any atom is 0.200 e. The van der Waals surface area contributed by atoms with E-state index in [1.807, 2.05) is 0 Å². The predicted octanol–water partition coefficient (Wildman–Crippen LogP) is 4.95. The molecule has 110 valence electrons. The molecule has 0 bridgehead atoms. The Hall–Kier alpha value is -1.46. The molecule has 2 aromatic rings. The number of benzene rings is 2. The molecule has 0 fully saturated rings. The third kappa shape index (κ3) is 3.80. The number of rotatable bonds is 4. The summed E-state index contributed by atoms with van der Waals surface area (Å²) < 4.78 is 32.1. The normalized spacial score (nSPS) is 10.5. The first-order valence-corrected chi connectivity index (χ1v) is 7.12. The molecule has 0 aromatic heterocycles. The van der Waals surface area contributed by atoms with Crippen molar-refractivity contribution in [3.63, 3.8) is 0 Å². The van der Waals surface area contributed by atoms with Crippen LogP contribution in [0.3, 0.4) is 0 Å². The zero-order valence-electron chi connectivity index (χ0n) is 10.9. The predicted molar refractivity (Wildman–Crippen MR) is 80.1 cm³/mol. The molecular formula is C15H10BrClF2O2.